The number of hydrogen-bond acceptors (Lipinski definition) is 4. The number of ether oxygens (including phenoxy) is 1. The highest BCUT2D eigenvalue weighted by molar-refractivity contribution is 5.61. The van der Waals surface area contributed by atoms with Crippen molar-refractivity contribution in [2.45, 2.75) is 13.5 Å². The van der Waals surface area contributed by atoms with Gasteiger partial charge < -0.3 is 15.8 Å². The van der Waals surface area contributed by atoms with Crippen molar-refractivity contribution in [3.63, 3.8) is 0 Å². The molecule has 2 rings (SSSR count). The number of rotatable bonds is 4. The molecule has 0 fully saturated rings. The van der Waals surface area contributed by atoms with Gasteiger partial charge in [-0.05, 0) is 25.1 Å². The topological polar surface area (TPSA) is 60.2 Å². The standard InChI is InChI=1S/C14H17N3O/c1-10-7-8-12(15)14(17-10)16-9-11-5-3-4-6-13(11)18-2/h3-8H,9,15H2,1-2H3,(H,16,17). The van der Waals surface area contributed by atoms with E-state index in [4.69, 9.17) is 10.5 Å². The normalized spacial score (nSPS) is 10.1. The van der Waals surface area contributed by atoms with Crippen molar-refractivity contribution in [3.05, 3.63) is 47.7 Å². The van der Waals surface area contributed by atoms with Gasteiger partial charge in [0, 0.05) is 17.8 Å². The Morgan fingerprint density at radius 3 is 2.78 bits per heavy atom. The predicted molar refractivity (Wildman–Crippen MR) is 73.7 cm³/mol. The van der Waals surface area contributed by atoms with Gasteiger partial charge in [-0.2, -0.15) is 0 Å². The zero-order valence-electron chi connectivity index (χ0n) is 10.6. The number of nitrogens with two attached hydrogens (primary N) is 1. The lowest BCUT2D eigenvalue weighted by molar-refractivity contribution is 0.410. The average Bonchev–Trinajstić information content (AvgIpc) is 2.40. The second-order valence-corrected chi connectivity index (χ2v) is 4.06. The lowest BCUT2D eigenvalue weighted by Gasteiger charge is -2.11. The minimum atomic E-state index is 0.630. The van der Waals surface area contributed by atoms with E-state index in [2.05, 4.69) is 10.3 Å². The summed E-state index contributed by atoms with van der Waals surface area (Å²) in [6.07, 6.45) is 0. The summed E-state index contributed by atoms with van der Waals surface area (Å²) in [7, 11) is 1.66. The molecule has 94 valence electrons. The Bertz CT molecular complexity index is 540. The van der Waals surface area contributed by atoms with Crippen molar-refractivity contribution in [3.8, 4) is 5.75 Å². The van der Waals surface area contributed by atoms with Gasteiger partial charge >= 0.3 is 0 Å². The summed E-state index contributed by atoms with van der Waals surface area (Å²) in [5.74, 6) is 1.57. The summed E-state index contributed by atoms with van der Waals surface area (Å²) in [5.41, 5.74) is 8.53. The fraction of sp³-hybridized carbons (Fsp3) is 0.214. The first-order chi connectivity index (χ1) is 8.70. The van der Waals surface area contributed by atoms with Crippen LogP contribution in [-0.2, 0) is 6.54 Å². The molecule has 0 aliphatic carbocycles. The number of methoxy groups -OCH3 is 1. The summed E-state index contributed by atoms with van der Waals surface area (Å²) in [5, 5.41) is 3.23. The molecule has 1 aromatic heterocycles. The van der Waals surface area contributed by atoms with E-state index in [0.717, 1.165) is 17.0 Å². The number of aromatic nitrogens is 1. The van der Waals surface area contributed by atoms with E-state index in [1.54, 1.807) is 7.11 Å². The van der Waals surface area contributed by atoms with Gasteiger partial charge in [0.15, 0.2) is 0 Å². The first-order valence-electron chi connectivity index (χ1n) is 5.79. The molecule has 0 aliphatic rings. The van der Waals surface area contributed by atoms with Crippen molar-refractivity contribution >= 4 is 11.5 Å². The highest BCUT2D eigenvalue weighted by Crippen LogP contribution is 2.20. The molecule has 3 N–H and O–H groups in total. The molecule has 0 spiro atoms. The van der Waals surface area contributed by atoms with E-state index in [0.29, 0.717) is 18.1 Å². The first kappa shape index (κ1) is 12.2. The maximum absolute atomic E-state index is 5.87. The monoisotopic (exact) mass is 243 g/mol. The molecule has 0 bridgehead atoms. The van der Waals surface area contributed by atoms with Crippen LogP contribution < -0.4 is 15.8 Å². The minimum absolute atomic E-state index is 0.630. The number of anilines is 2. The molecule has 0 saturated carbocycles. The number of nitrogens with one attached hydrogen (secondary N) is 1. The van der Waals surface area contributed by atoms with Crippen molar-refractivity contribution in [1.82, 2.24) is 4.98 Å². The largest absolute Gasteiger partial charge is 0.496 e. The fourth-order valence-electron chi connectivity index (χ4n) is 1.74. The van der Waals surface area contributed by atoms with Gasteiger partial charge in [-0.1, -0.05) is 18.2 Å². The number of pyridine rings is 1. The fourth-order valence-corrected chi connectivity index (χ4v) is 1.74. The van der Waals surface area contributed by atoms with Crippen molar-refractivity contribution in [2.75, 3.05) is 18.2 Å². The summed E-state index contributed by atoms with van der Waals surface area (Å²) < 4.78 is 5.30. The van der Waals surface area contributed by atoms with Crippen LogP contribution in [0.4, 0.5) is 11.5 Å². The van der Waals surface area contributed by atoms with Crippen LogP contribution in [-0.4, -0.2) is 12.1 Å². The van der Waals surface area contributed by atoms with Crippen LogP contribution in [0.25, 0.3) is 0 Å². The van der Waals surface area contributed by atoms with Crippen LogP contribution in [0.2, 0.25) is 0 Å². The van der Waals surface area contributed by atoms with E-state index in [1.165, 1.54) is 0 Å². The molecule has 0 unspecified atom stereocenters. The van der Waals surface area contributed by atoms with Crippen molar-refractivity contribution in [2.24, 2.45) is 0 Å². The van der Waals surface area contributed by atoms with Crippen LogP contribution in [0.3, 0.4) is 0 Å². The molecular formula is C14H17N3O. The zero-order valence-corrected chi connectivity index (χ0v) is 10.6. The second-order valence-electron chi connectivity index (χ2n) is 4.06. The maximum atomic E-state index is 5.87. The third kappa shape index (κ3) is 2.71. The van der Waals surface area contributed by atoms with Gasteiger partial charge in [-0.15, -0.1) is 0 Å². The van der Waals surface area contributed by atoms with Gasteiger partial charge in [-0.25, -0.2) is 4.98 Å². The van der Waals surface area contributed by atoms with Crippen LogP contribution in [0.15, 0.2) is 36.4 Å². The Kier molecular flexibility index (Phi) is 3.67. The second kappa shape index (κ2) is 5.40. The quantitative estimate of drug-likeness (QED) is 0.866. The minimum Gasteiger partial charge on any atom is -0.496 e. The van der Waals surface area contributed by atoms with E-state index < -0.39 is 0 Å². The Labute approximate surface area is 107 Å². The van der Waals surface area contributed by atoms with Gasteiger partial charge in [0.2, 0.25) is 0 Å². The van der Waals surface area contributed by atoms with Gasteiger partial charge in [-0.3, -0.25) is 0 Å². The first-order valence-corrected chi connectivity index (χ1v) is 5.79. The average molecular weight is 243 g/mol. The van der Waals surface area contributed by atoms with E-state index in [-0.39, 0.29) is 0 Å². The van der Waals surface area contributed by atoms with Crippen LogP contribution >= 0.6 is 0 Å². The number of benzene rings is 1. The third-order valence-corrected chi connectivity index (χ3v) is 2.70. The predicted octanol–water partition coefficient (Wildman–Crippen LogP) is 2.59. The van der Waals surface area contributed by atoms with E-state index >= 15 is 0 Å². The van der Waals surface area contributed by atoms with Crippen LogP contribution in [0.5, 0.6) is 5.75 Å². The number of para-hydroxylation sites is 1. The van der Waals surface area contributed by atoms with Crippen molar-refractivity contribution in [1.29, 1.82) is 0 Å². The molecule has 2 aromatic rings. The maximum Gasteiger partial charge on any atom is 0.149 e. The van der Waals surface area contributed by atoms with Crippen LogP contribution in [0.1, 0.15) is 11.3 Å². The molecular weight excluding hydrogens is 226 g/mol. The lowest BCUT2D eigenvalue weighted by Crippen LogP contribution is -2.06. The Balaban J connectivity index is 2.14. The molecule has 0 amide bonds. The van der Waals surface area contributed by atoms with E-state index in [9.17, 15) is 0 Å². The molecule has 0 saturated heterocycles. The summed E-state index contributed by atoms with van der Waals surface area (Å²) in [6.45, 7) is 2.57. The number of nitrogen functional groups attached to an aromatic ring is 1. The molecule has 1 heterocycles. The molecule has 18 heavy (non-hydrogen) atoms. The Morgan fingerprint density at radius 1 is 1.22 bits per heavy atom. The highest BCUT2D eigenvalue weighted by atomic mass is 16.5. The Morgan fingerprint density at radius 2 is 2.00 bits per heavy atom. The molecule has 0 aliphatic heterocycles. The molecule has 4 nitrogen and oxygen atoms in total. The third-order valence-electron chi connectivity index (χ3n) is 2.70. The number of nitrogens with zero attached hydrogens (tertiary/aromatic N) is 1. The number of aryl methyl sites for hydroxylation is 1. The summed E-state index contributed by atoms with van der Waals surface area (Å²) >= 11 is 0. The van der Waals surface area contributed by atoms with Crippen LogP contribution in [0, 0.1) is 6.92 Å². The van der Waals surface area contributed by atoms with Gasteiger partial charge in [0.05, 0.1) is 12.8 Å². The smallest absolute Gasteiger partial charge is 0.149 e. The molecule has 1 aromatic carbocycles. The summed E-state index contributed by atoms with van der Waals surface area (Å²) in [6, 6.07) is 11.6. The summed E-state index contributed by atoms with van der Waals surface area (Å²) in [4.78, 5) is 4.37. The van der Waals surface area contributed by atoms with Gasteiger partial charge in [0.1, 0.15) is 11.6 Å². The molecule has 0 radical (unpaired) electrons. The molecule has 0 atom stereocenters. The zero-order chi connectivity index (χ0) is 13.0. The Hall–Kier alpha value is -2.23. The molecule has 4 heteroatoms. The van der Waals surface area contributed by atoms with Crippen molar-refractivity contribution < 1.29 is 4.74 Å². The highest BCUT2D eigenvalue weighted by Gasteiger charge is 2.04. The number of hydrogen-bond donors (Lipinski definition) is 2. The SMILES string of the molecule is COc1ccccc1CNc1nc(C)ccc1N. The lowest BCUT2D eigenvalue weighted by atomic mass is 10.2. The van der Waals surface area contributed by atoms with E-state index in [1.807, 2.05) is 43.3 Å². The van der Waals surface area contributed by atoms with Gasteiger partial charge in [0.25, 0.3) is 0 Å².